The van der Waals surface area contributed by atoms with Gasteiger partial charge in [-0.25, -0.2) is 0 Å². The molecule has 0 aromatic heterocycles. The summed E-state index contributed by atoms with van der Waals surface area (Å²) in [5.74, 6) is 0.127. The van der Waals surface area contributed by atoms with Crippen molar-refractivity contribution in [3.8, 4) is 5.75 Å². The number of rotatable bonds is 3. The molecule has 106 valence electrons. The molecule has 0 saturated carbocycles. The maximum atomic E-state index is 12.7. The number of nitrogens with two attached hydrogens (primary N) is 1. The average Bonchev–Trinajstić information content (AvgIpc) is 2.38. The number of alkyl halides is 3. The monoisotopic (exact) mass is 345 g/mol. The normalized spacial score (nSPS) is 11.4. The molecule has 0 heterocycles. The van der Waals surface area contributed by atoms with Crippen molar-refractivity contribution in [2.24, 2.45) is 0 Å². The molecule has 0 amide bonds. The van der Waals surface area contributed by atoms with E-state index in [0.29, 0.717) is 0 Å². The van der Waals surface area contributed by atoms with Crippen molar-refractivity contribution < 1.29 is 17.9 Å². The molecule has 0 bridgehead atoms. The Morgan fingerprint density at radius 2 is 1.80 bits per heavy atom. The van der Waals surface area contributed by atoms with Gasteiger partial charge in [-0.15, -0.1) is 0 Å². The van der Waals surface area contributed by atoms with Crippen LogP contribution in [0.25, 0.3) is 0 Å². The van der Waals surface area contributed by atoms with Gasteiger partial charge in [0.05, 0.1) is 5.56 Å². The average molecular weight is 346 g/mol. The third-order valence-corrected chi connectivity index (χ3v) is 3.46. The molecule has 0 spiro atoms. The maximum Gasteiger partial charge on any atom is 0.418 e. The minimum absolute atomic E-state index is 0.127. The van der Waals surface area contributed by atoms with Gasteiger partial charge in [0.25, 0.3) is 0 Å². The Bertz CT molecular complexity index is 614. The van der Waals surface area contributed by atoms with Crippen molar-refractivity contribution >= 4 is 21.6 Å². The molecular formula is C14H11BrF3NO. The molecule has 0 aliphatic heterocycles. The first-order valence-electron chi connectivity index (χ1n) is 5.71. The molecule has 6 heteroatoms. The zero-order valence-electron chi connectivity index (χ0n) is 10.2. The van der Waals surface area contributed by atoms with Gasteiger partial charge in [0, 0.05) is 15.7 Å². The van der Waals surface area contributed by atoms with E-state index in [-0.39, 0.29) is 18.0 Å². The van der Waals surface area contributed by atoms with Crippen LogP contribution in [0, 0.1) is 0 Å². The van der Waals surface area contributed by atoms with E-state index in [2.05, 4.69) is 15.9 Å². The van der Waals surface area contributed by atoms with Gasteiger partial charge in [-0.05, 0) is 24.3 Å². The molecule has 0 atom stereocenters. The minimum atomic E-state index is -4.49. The van der Waals surface area contributed by atoms with E-state index in [1.807, 2.05) is 24.3 Å². The molecular weight excluding hydrogens is 335 g/mol. The Hall–Kier alpha value is -1.69. The van der Waals surface area contributed by atoms with Crippen LogP contribution in [-0.2, 0) is 12.8 Å². The molecule has 0 radical (unpaired) electrons. The lowest BCUT2D eigenvalue weighted by molar-refractivity contribution is -0.137. The molecule has 2 aromatic rings. The fraction of sp³-hybridized carbons (Fsp3) is 0.143. The van der Waals surface area contributed by atoms with Gasteiger partial charge in [-0.2, -0.15) is 13.2 Å². The molecule has 0 aliphatic carbocycles. The third-order valence-electron chi connectivity index (χ3n) is 2.68. The Morgan fingerprint density at radius 1 is 1.10 bits per heavy atom. The number of hydrogen-bond acceptors (Lipinski definition) is 2. The summed E-state index contributed by atoms with van der Waals surface area (Å²) in [4.78, 5) is 0. The van der Waals surface area contributed by atoms with Gasteiger partial charge in [0.1, 0.15) is 12.4 Å². The van der Waals surface area contributed by atoms with E-state index in [0.717, 1.165) is 16.1 Å². The summed E-state index contributed by atoms with van der Waals surface area (Å²) >= 11 is 3.35. The quantitative estimate of drug-likeness (QED) is 0.823. The van der Waals surface area contributed by atoms with E-state index < -0.39 is 11.7 Å². The maximum absolute atomic E-state index is 12.7. The van der Waals surface area contributed by atoms with Gasteiger partial charge >= 0.3 is 6.18 Å². The minimum Gasteiger partial charge on any atom is -0.489 e. The largest absolute Gasteiger partial charge is 0.489 e. The number of hydrogen-bond donors (Lipinski definition) is 1. The van der Waals surface area contributed by atoms with Gasteiger partial charge in [-0.3, -0.25) is 0 Å². The predicted octanol–water partition coefficient (Wildman–Crippen LogP) is 4.63. The van der Waals surface area contributed by atoms with Crippen molar-refractivity contribution in [3.05, 3.63) is 58.1 Å². The highest BCUT2D eigenvalue weighted by atomic mass is 79.9. The SMILES string of the molecule is Nc1ccc(OCc2ccccc2Br)cc1C(F)(F)F. The van der Waals surface area contributed by atoms with E-state index in [1.165, 1.54) is 12.1 Å². The number of nitrogen functional groups attached to an aromatic ring is 1. The number of anilines is 1. The Morgan fingerprint density at radius 3 is 2.45 bits per heavy atom. The molecule has 0 fully saturated rings. The molecule has 0 aliphatic rings. The fourth-order valence-electron chi connectivity index (χ4n) is 1.65. The smallest absolute Gasteiger partial charge is 0.418 e. The lowest BCUT2D eigenvalue weighted by atomic mass is 10.1. The summed E-state index contributed by atoms with van der Waals surface area (Å²) in [6.45, 7) is 0.169. The topological polar surface area (TPSA) is 35.2 Å². The van der Waals surface area contributed by atoms with Crippen LogP contribution in [0.3, 0.4) is 0 Å². The Balaban J connectivity index is 2.17. The molecule has 2 nitrogen and oxygen atoms in total. The van der Waals surface area contributed by atoms with Crippen LogP contribution in [0.2, 0.25) is 0 Å². The summed E-state index contributed by atoms with van der Waals surface area (Å²) in [5.41, 5.74) is 4.97. The van der Waals surface area contributed by atoms with Crippen LogP contribution in [0.1, 0.15) is 11.1 Å². The second-order valence-electron chi connectivity index (χ2n) is 4.13. The van der Waals surface area contributed by atoms with Gasteiger partial charge in [0.2, 0.25) is 0 Å². The molecule has 20 heavy (non-hydrogen) atoms. The highest BCUT2D eigenvalue weighted by Crippen LogP contribution is 2.35. The third kappa shape index (κ3) is 3.45. The summed E-state index contributed by atoms with van der Waals surface area (Å²) in [5, 5.41) is 0. The number of ether oxygens (including phenoxy) is 1. The zero-order valence-corrected chi connectivity index (χ0v) is 11.8. The standard InChI is InChI=1S/C14H11BrF3NO/c15-12-4-2-1-3-9(12)8-20-10-5-6-13(19)11(7-10)14(16,17)18/h1-7H,8,19H2. The summed E-state index contributed by atoms with van der Waals surface area (Å²) < 4.78 is 44.4. The second kappa shape index (κ2) is 5.75. The van der Waals surface area contributed by atoms with Crippen LogP contribution >= 0.6 is 15.9 Å². The van der Waals surface area contributed by atoms with Crippen LogP contribution in [0.5, 0.6) is 5.75 Å². The van der Waals surface area contributed by atoms with E-state index >= 15 is 0 Å². The summed E-state index contributed by atoms with van der Waals surface area (Å²) in [6, 6.07) is 10.9. The number of benzene rings is 2. The van der Waals surface area contributed by atoms with E-state index in [1.54, 1.807) is 0 Å². The van der Waals surface area contributed by atoms with Crippen molar-refractivity contribution in [1.82, 2.24) is 0 Å². The van der Waals surface area contributed by atoms with E-state index in [9.17, 15) is 13.2 Å². The molecule has 2 N–H and O–H groups in total. The first kappa shape index (κ1) is 14.7. The Labute approximate surface area is 122 Å². The number of halogens is 4. The summed E-state index contributed by atoms with van der Waals surface area (Å²) in [7, 11) is 0. The predicted molar refractivity (Wildman–Crippen MR) is 74.3 cm³/mol. The van der Waals surface area contributed by atoms with E-state index in [4.69, 9.17) is 10.5 Å². The fourth-order valence-corrected chi connectivity index (χ4v) is 2.05. The molecule has 0 saturated heterocycles. The van der Waals surface area contributed by atoms with Gasteiger partial charge in [0.15, 0.2) is 0 Å². The first-order valence-corrected chi connectivity index (χ1v) is 6.50. The zero-order chi connectivity index (χ0) is 14.8. The van der Waals surface area contributed by atoms with Crippen LogP contribution < -0.4 is 10.5 Å². The lowest BCUT2D eigenvalue weighted by Crippen LogP contribution is -2.09. The summed E-state index contributed by atoms with van der Waals surface area (Å²) in [6.07, 6.45) is -4.49. The van der Waals surface area contributed by atoms with Crippen molar-refractivity contribution in [2.75, 3.05) is 5.73 Å². The van der Waals surface area contributed by atoms with Gasteiger partial charge in [-0.1, -0.05) is 34.1 Å². The molecule has 0 unspecified atom stereocenters. The molecule has 2 rings (SSSR count). The van der Waals surface area contributed by atoms with Crippen LogP contribution in [-0.4, -0.2) is 0 Å². The van der Waals surface area contributed by atoms with Crippen molar-refractivity contribution in [3.63, 3.8) is 0 Å². The highest BCUT2D eigenvalue weighted by Gasteiger charge is 2.33. The Kier molecular flexibility index (Phi) is 4.23. The molecule has 2 aromatic carbocycles. The van der Waals surface area contributed by atoms with Crippen LogP contribution in [0.15, 0.2) is 46.9 Å². The first-order chi connectivity index (χ1) is 9.38. The lowest BCUT2D eigenvalue weighted by Gasteiger charge is -2.13. The van der Waals surface area contributed by atoms with Crippen molar-refractivity contribution in [1.29, 1.82) is 0 Å². The second-order valence-corrected chi connectivity index (χ2v) is 4.98. The van der Waals surface area contributed by atoms with Crippen molar-refractivity contribution in [2.45, 2.75) is 12.8 Å². The highest BCUT2D eigenvalue weighted by molar-refractivity contribution is 9.10. The van der Waals surface area contributed by atoms with Gasteiger partial charge < -0.3 is 10.5 Å². The van der Waals surface area contributed by atoms with Crippen LogP contribution in [0.4, 0.5) is 18.9 Å².